The zero-order valence-electron chi connectivity index (χ0n) is 13.5. The van der Waals surface area contributed by atoms with Gasteiger partial charge in [0.1, 0.15) is 0 Å². The lowest BCUT2D eigenvalue weighted by molar-refractivity contribution is 0.165. The summed E-state index contributed by atoms with van der Waals surface area (Å²) in [4.78, 5) is 2.39. The fourth-order valence-electron chi connectivity index (χ4n) is 3.04. The molecule has 20 heavy (non-hydrogen) atoms. The van der Waals surface area contributed by atoms with E-state index in [0.717, 1.165) is 31.4 Å². The average Bonchev–Trinajstić information content (AvgIpc) is 2.51. The highest BCUT2D eigenvalue weighted by Gasteiger charge is 2.31. The van der Waals surface area contributed by atoms with E-state index in [4.69, 9.17) is 0 Å². The molecule has 114 valence electrons. The Morgan fingerprint density at radius 1 is 1.15 bits per heavy atom. The summed E-state index contributed by atoms with van der Waals surface area (Å²) in [7, 11) is 2.17. The number of phenolic OH excluding ortho intramolecular Hbond substituents is 2. The number of phenols is 2. The monoisotopic (exact) mass is 279 g/mol. The van der Waals surface area contributed by atoms with Gasteiger partial charge in [-0.1, -0.05) is 40.2 Å². The van der Waals surface area contributed by atoms with Crippen LogP contribution in [0.15, 0.2) is 12.1 Å². The van der Waals surface area contributed by atoms with Crippen molar-refractivity contribution in [3.05, 3.63) is 23.3 Å². The van der Waals surface area contributed by atoms with Crippen molar-refractivity contribution < 1.29 is 10.2 Å². The van der Waals surface area contributed by atoms with Crippen LogP contribution in [-0.2, 0) is 12.8 Å². The normalized spacial score (nSPS) is 21.1. The van der Waals surface area contributed by atoms with E-state index >= 15 is 0 Å². The van der Waals surface area contributed by atoms with Gasteiger partial charge >= 0.3 is 0 Å². The smallest absolute Gasteiger partial charge is 0.160 e. The summed E-state index contributed by atoms with van der Waals surface area (Å²) in [5.74, 6) is 0.643. The quantitative estimate of drug-likeness (QED) is 0.831. The van der Waals surface area contributed by atoms with Crippen LogP contribution >= 0.6 is 0 Å². The molecule has 0 radical (unpaired) electrons. The SMILES string of the molecule is CC.CCC1Cc2c(ccc(O)c2O)C[C@@H]1N(C)CC. The van der Waals surface area contributed by atoms with Gasteiger partial charge in [0.2, 0.25) is 0 Å². The molecule has 2 rings (SSSR count). The third kappa shape index (κ3) is 3.26. The second-order valence-corrected chi connectivity index (χ2v) is 5.29. The third-order valence-electron chi connectivity index (χ3n) is 4.39. The van der Waals surface area contributed by atoms with Crippen molar-refractivity contribution >= 4 is 0 Å². The Kier molecular flexibility index (Phi) is 6.34. The molecule has 2 N–H and O–H groups in total. The van der Waals surface area contributed by atoms with Crippen molar-refractivity contribution in [2.75, 3.05) is 13.6 Å². The van der Waals surface area contributed by atoms with E-state index in [0.29, 0.717) is 12.0 Å². The lowest BCUT2D eigenvalue weighted by atomic mass is 9.77. The van der Waals surface area contributed by atoms with Gasteiger partial charge < -0.3 is 15.1 Å². The van der Waals surface area contributed by atoms with Gasteiger partial charge in [0, 0.05) is 11.6 Å². The number of benzene rings is 1. The Morgan fingerprint density at radius 2 is 1.80 bits per heavy atom. The van der Waals surface area contributed by atoms with Crippen LogP contribution in [0.5, 0.6) is 11.5 Å². The topological polar surface area (TPSA) is 43.7 Å². The minimum absolute atomic E-state index is 0.00546. The Bertz CT molecular complexity index is 431. The van der Waals surface area contributed by atoms with Crippen molar-refractivity contribution in [2.45, 2.75) is 53.0 Å². The Labute approximate surface area is 123 Å². The molecule has 0 amide bonds. The maximum atomic E-state index is 9.98. The molecule has 0 aromatic heterocycles. The van der Waals surface area contributed by atoms with Crippen LogP contribution in [-0.4, -0.2) is 34.7 Å². The van der Waals surface area contributed by atoms with Crippen molar-refractivity contribution in [1.29, 1.82) is 0 Å². The van der Waals surface area contributed by atoms with Gasteiger partial charge in [-0.05, 0) is 44.0 Å². The fourth-order valence-corrected chi connectivity index (χ4v) is 3.04. The maximum absolute atomic E-state index is 9.98. The van der Waals surface area contributed by atoms with E-state index in [1.807, 2.05) is 19.9 Å². The number of nitrogens with zero attached hydrogens (tertiary/aromatic N) is 1. The first-order valence-corrected chi connectivity index (χ1v) is 7.81. The standard InChI is InChI=1S/C15H23NO2.C2H6/c1-4-10-8-12-11(6-7-14(17)15(12)18)9-13(10)16(3)5-2;1-2/h6-7,10,13,17-18H,4-5,8-9H2,1-3H3;1-2H3/t10?,13-;/m0./s1. The van der Waals surface area contributed by atoms with Crippen LogP contribution in [0.1, 0.15) is 45.2 Å². The summed E-state index contributed by atoms with van der Waals surface area (Å²) in [5, 5.41) is 19.6. The van der Waals surface area contributed by atoms with E-state index < -0.39 is 0 Å². The largest absolute Gasteiger partial charge is 0.504 e. The van der Waals surface area contributed by atoms with Crippen LogP contribution in [0.4, 0.5) is 0 Å². The van der Waals surface area contributed by atoms with Gasteiger partial charge in [0.25, 0.3) is 0 Å². The lowest BCUT2D eigenvalue weighted by Crippen LogP contribution is -2.42. The Morgan fingerprint density at radius 3 is 2.35 bits per heavy atom. The highest BCUT2D eigenvalue weighted by Crippen LogP contribution is 2.39. The average molecular weight is 279 g/mol. The molecule has 0 fully saturated rings. The highest BCUT2D eigenvalue weighted by atomic mass is 16.3. The summed E-state index contributed by atoms with van der Waals surface area (Å²) in [5.41, 5.74) is 2.13. The maximum Gasteiger partial charge on any atom is 0.160 e. The molecule has 1 unspecified atom stereocenters. The van der Waals surface area contributed by atoms with Crippen molar-refractivity contribution in [3.8, 4) is 11.5 Å². The lowest BCUT2D eigenvalue weighted by Gasteiger charge is -2.38. The van der Waals surface area contributed by atoms with Gasteiger partial charge in [-0.3, -0.25) is 0 Å². The van der Waals surface area contributed by atoms with Gasteiger partial charge in [0.15, 0.2) is 11.5 Å². The summed E-state index contributed by atoms with van der Waals surface area (Å²) in [6.45, 7) is 9.42. The molecule has 1 aliphatic carbocycles. The van der Waals surface area contributed by atoms with E-state index in [9.17, 15) is 10.2 Å². The van der Waals surface area contributed by atoms with Gasteiger partial charge in [-0.15, -0.1) is 0 Å². The molecule has 0 saturated heterocycles. The third-order valence-corrected chi connectivity index (χ3v) is 4.39. The summed E-state index contributed by atoms with van der Waals surface area (Å²) in [6, 6.07) is 4.09. The second kappa shape index (κ2) is 7.53. The number of hydrogen-bond donors (Lipinski definition) is 2. The summed E-state index contributed by atoms with van der Waals surface area (Å²) in [6.07, 6.45) is 2.93. The number of hydrogen-bond acceptors (Lipinski definition) is 3. The van der Waals surface area contributed by atoms with Gasteiger partial charge in [-0.2, -0.15) is 0 Å². The highest BCUT2D eigenvalue weighted by molar-refractivity contribution is 5.50. The molecule has 1 aliphatic rings. The van der Waals surface area contributed by atoms with E-state index in [-0.39, 0.29) is 11.5 Å². The first kappa shape index (κ1) is 16.8. The molecule has 0 spiro atoms. The first-order chi connectivity index (χ1) is 9.58. The fraction of sp³-hybridized carbons (Fsp3) is 0.647. The second-order valence-electron chi connectivity index (χ2n) is 5.29. The molecular weight excluding hydrogens is 250 g/mol. The van der Waals surface area contributed by atoms with E-state index in [2.05, 4.69) is 25.8 Å². The number of likely N-dealkylation sites (N-methyl/N-ethyl adjacent to an activating group) is 1. The Balaban J connectivity index is 0.000000956. The van der Waals surface area contributed by atoms with Crippen LogP contribution < -0.4 is 0 Å². The van der Waals surface area contributed by atoms with Crippen LogP contribution in [0.3, 0.4) is 0 Å². The Hall–Kier alpha value is -1.22. The van der Waals surface area contributed by atoms with Crippen LogP contribution in [0.2, 0.25) is 0 Å². The minimum atomic E-state index is 0.00546. The number of rotatable bonds is 3. The summed E-state index contributed by atoms with van der Waals surface area (Å²) >= 11 is 0. The molecule has 2 atom stereocenters. The molecule has 0 heterocycles. The zero-order chi connectivity index (χ0) is 15.3. The molecule has 1 aromatic rings. The van der Waals surface area contributed by atoms with Gasteiger partial charge in [0.05, 0.1) is 0 Å². The van der Waals surface area contributed by atoms with Crippen LogP contribution in [0.25, 0.3) is 0 Å². The van der Waals surface area contributed by atoms with E-state index in [1.54, 1.807) is 6.07 Å². The summed E-state index contributed by atoms with van der Waals surface area (Å²) < 4.78 is 0. The van der Waals surface area contributed by atoms with Crippen molar-refractivity contribution in [3.63, 3.8) is 0 Å². The van der Waals surface area contributed by atoms with E-state index in [1.165, 1.54) is 5.56 Å². The minimum Gasteiger partial charge on any atom is -0.504 e. The number of fused-ring (bicyclic) bond motifs is 1. The van der Waals surface area contributed by atoms with Crippen molar-refractivity contribution in [1.82, 2.24) is 4.90 Å². The molecule has 0 aliphatic heterocycles. The van der Waals surface area contributed by atoms with Crippen LogP contribution in [0, 0.1) is 5.92 Å². The predicted molar refractivity (Wildman–Crippen MR) is 84.4 cm³/mol. The first-order valence-electron chi connectivity index (χ1n) is 7.81. The molecule has 0 bridgehead atoms. The van der Waals surface area contributed by atoms with Crippen molar-refractivity contribution in [2.24, 2.45) is 5.92 Å². The molecule has 0 saturated carbocycles. The number of aromatic hydroxyl groups is 2. The zero-order valence-corrected chi connectivity index (χ0v) is 13.5. The molecular formula is C17H29NO2. The predicted octanol–water partition coefficient (Wildman–Crippen LogP) is 3.57. The van der Waals surface area contributed by atoms with Gasteiger partial charge in [-0.25, -0.2) is 0 Å². The molecule has 3 nitrogen and oxygen atoms in total. The molecule has 1 aromatic carbocycles. The molecule has 3 heteroatoms.